The molecule has 0 aliphatic heterocycles. The Morgan fingerprint density at radius 3 is 2.49 bits per heavy atom. The first-order valence-electron chi connectivity index (χ1n) is 10.7. The van der Waals surface area contributed by atoms with E-state index in [1.807, 2.05) is 37.3 Å². The molecule has 0 aromatic heterocycles. The Labute approximate surface area is 215 Å². The van der Waals surface area contributed by atoms with Crippen molar-refractivity contribution in [2.24, 2.45) is 0 Å². The van der Waals surface area contributed by atoms with E-state index in [9.17, 15) is 10.1 Å². The molecule has 0 saturated heterocycles. The fourth-order valence-electron chi connectivity index (χ4n) is 3.32. The predicted octanol–water partition coefficient (Wildman–Crippen LogP) is 7.16. The van der Waals surface area contributed by atoms with Gasteiger partial charge >= 0.3 is 0 Å². The van der Waals surface area contributed by atoms with Crippen molar-refractivity contribution in [3.63, 3.8) is 0 Å². The third-order valence-electron chi connectivity index (χ3n) is 5.09. The maximum atomic E-state index is 12.7. The topological polar surface area (TPSA) is 71.4 Å². The van der Waals surface area contributed by atoms with Crippen LogP contribution >= 0.6 is 23.2 Å². The summed E-state index contributed by atoms with van der Waals surface area (Å²) in [7, 11) is 1.53. The number of halogens is 2. The van der Waals surface area contributed by atoms with Crippen molar-refractivity contribution in [3.8, 4) is 17.6 Å². The second-order valence-electron chi connectivity index (χ2n) is 7.73. The van der Waals surface area contributed by atoms with Crippen molar-refractivity contribution in [1.82, 2.24) is 0 Å². The molecule has 5 nitrogen and oxygen atoms in total. The first-order valence-corrected chi connectivity index (χ1v) is 11.5. The van der Waals surface area contributed by atoms with Crippen LogP contribution in [0.2, 0.25) is 10.0 Å². The Hall–Kier alpha value is -3.72. The summed E-state index contributed by atoms with van der Waals surface area (Å²) in [6.07, 6.45) is 3.75. The molecule has 0 heterocycles. The van der Waals surface area contributed by atoms with Crippen LogP contribution in [0.15, 0.2) is 72.8 Å². The number of hydrogen-bond donors (Lipinski definition) is 1. The average molecular weight is 507 g/mol. The minimum Gasteiger partial charge on any atom is -0.493 e. The summed E-state index contributed by atoms with van der Waals surface area (Å²) in [6, 6.07) is 18.2. The summed E-state index contributed by atoms with van der Waals surface area (Å²) < 4.78 is 11.6. The zero-order valence-electron chi connectivity index (χ0n) is 19.4. The van der Waals surface area contributed by atoms with E-state index in [1.165, 1.54) is 13.2 Å². The standard InChI is InChI=1S/C28H24Cl2N2O3/c1-4-5-21-12-20(13-22(16-31)28(33)32-23-9-6-18(2)7-10-23)15-26(34-3)27(21)35-17-19-8-11-24(29)25(30)14-19/h4,6-15H,1,5,17H2,2-3H3,(H,32,33)/b22-13-. The number of rotatable bonds is 9. The van der Waals surface area contributed by atoms with Gasteiger partial charge in [-0.05, 0) is 66.9 Å². The van der Waals surface area contributed by atoms with Gasteiger partial charge in [-0.25, -0.2) is 0 Å². The van der Waals surface area contributed by atoms with Gasteiger partial charge in [0.05, 0.1) is 17.2 Å². The molecule has 0 radical (unpaired) electrons. The summed E-state index contributed by atoms with van der Waals surface area (Å²) in [5.74, 6) is 0.505. The van der Waals surface area contributed by atoms with Crippen molar-refractivity contribution in [2.45, 2.75) is 20.0 Å². The molecule has 0 saturated carbocycles. The van der Waals surface area contributed by atoms with E-state index < -0.39 is 5.91 Å². The fraction of sp³-hybridized carbons (Fsp3) is 0.143. The molecule has 3 aromatic rings. The van der Waals surface area contributed by atoms with Crippen LogP contribution in [0.25, 0.3) is 6.08 Å². The van der Waals surface area contributed by atoms with Gasteiger partial charge in [0.25, 0.3) is 5.91 Å². The molecule has 3 rings (SSSR count). The lowest BCUT2D eigenvalue weighted by Crippen LogP contribution is -2.13. The summed E-state index contributed by atoms with van der Waals surface area (Å²) in [5.41, 5.74) is 3.90. The summed E-state index contributed by atoms with van der Waals surface area (Å²) in [6.45, 7) is 6.02. The van der Waals surface area contributed by atoms with Crippen LogP contribution in [0.1, 0.15) is 22.3 Å². The van der Waals surface area contributed by atoms with Crippen LogP contribution in [0.4, 0.5) is 5.69 Å². The first kappa shape index (κ1) is 25.9. The number of benzene rings is 3. The Morgan fingerprint density at radius 1 is 1.11 bits per heavy atom. The second-order valence-corrected chi connectivity index (χ2v) is 8.55. The van der Waals surface area contributed by atoms with E-state index in [4.69, 9.17) is 32.7 Å². The SMILES string of the molecule is C=CCc1cc(/C=C(/C#N)C(=O)Nc2ccc(C)cc2)cc(OC)c1OCc1ccc(Cl)c(Cl)c1. The molecule has 1 N–H and O–H groups in total. The molecule has 0 unspecified atom stereocenters. The Morgan fingerprint density at radius 2 is 1.86 bits per heavy atom. The molecule has 0 spiro atoms. The van der Waals surface area contributed by atoms with Gasteiger partial charge in [-0.3, -0.25) is 4.79 Å². The largest absolute Gasteiger partial charge is 0.493 e. The number of nitrogens with one attached hydrogen (secondary N) is 1. The van der Waals surface area contributed by atoms with E-state index >= 15 is 0 Å². The Balaban J connectivity index is 1.89. The molecule has 3 aromatic carbocycles. The van der Waals surface area contributed by atoms with Gasteiger partial charge in [0.15, 0.2) is 11.5 Å². The van der Waals surface area contributed by atoms with E-state index in [2.05, 4.69) is 11.9 Å². The smallest absolute Gasteiger partial charge is 0.266 e. The van der Waals surface area contributed by atoms with Crippen LogP contribution in [-0.2, 0) is 17.8 Å². The lowest BCUT2D eigenvalue weighted by molar-refractivity contribution is -0.112. The zero-order chi connectivity index (χ0) is 25.4. The van der Waals surface area contributed by atoms with Gasteiger partial charge in [-0.1, -0.05) is 53.0 Å². The van der Waals surface area contributed by atoms with E-state index in [-0.39, 0.29) is 12.2 Å². The lowest BCUT2D eigenvalue weighted by Gasteiger charge is -2.16. The van der Waals surface area contributed by atoms with Gasteiger partial charge in [0.2, 0.25) is 0 Å². The van der Waals surface area contributed by atoms with E-state index in [1.54, 1.807) is 36.4 Å². The number of methoxy groups -OCH3 is 1. The van der Waals surface area contributed by atoms with Gasteiger partial charge in [-0.15, -0.1) is 6.58 Å². The first-order chi connectivity index (χ1) is 16.8. The van der Waals surface area contributed by atoms with Gasteiger partial charge < -0.3 is 14.8 Å². The number of nitrogens with zero attached hydrogens (tertiary/aromatic N) is 1. The number of ether oxygens (including phenoxy) is 2. The number of allylic oxidation sites excluding steroid dienone is 1. The highest BCUT2D eigenvalue weighted by Gasteiger charge is 2.15. The van der Waals surface area contributed by atoms with E-state index in [0.29, 0.717) is 39.2 Å². The minimum atomic E-state index is -0.500. The van der Waals surface area contributed by atoms with Crippen molar-refractivity contribution in [3.05, 3.63) is 105 Å². The molecular weight excluding hydrogens is 483 g/mol. The maximum Gasteiger partial charge on any atom is 0.266 e. The van der Waals surface area contributed by atoms with Crippen LogP contribution < -0.4 is 14.8 Å². The molecule has 178 valence electrons. The molecule has 0 atom stereocenters. The number of aryl methyl sites for hydroxylation is 1. The fourth-order valence-corrected chi connectivity index (χ4v) is 3.65. The van der Waals surface area contributed by atoms with Crippen LogP contribution in [0.3, 0.4) is 0 Å². The van der Waals surface area contributed by atoms with Crippen LogP contribution in [-0.4, -0.2) is 13.0 Å². The van der Waals surface area contributed by atoms with Crippen LogP contribution in [0.5, 0.6) is 11.5 Å². The van der Waals surface area contributed by atoms with Crippen molar-refractivity contribution in [2.75, 3.05) is 12.4 Å². The summed E-state index contributed by atoms with van der Waals surface area (Å²) >= 11 is 12.1. The van der Waals surface area contributed by atoms with Crippen molar-refractivity contribution >= 4 is 40.9 Å². The molecule has 0 fully saturated rings. The molecule has 1 amide bonds. The van der Waals surface area contributed by atoms with Crippen molar-refractivity contribution < 1.29 is 14.3 Å². The lowest BCUT2D eigenvalue weighted by atomic mass is 10.0. The number of carbonyl (C=O) groups excluding carboxylic acids is 1. The molecule has 35 heavy (non-hydrogen) atoms. The highest BCUT2D eigenvalue weighted by Crippen LogP contribution is 2.35. The Kier molecular flexibility index (Phi) is 8.97. The highest BCUT2D eigenvalue weighted by atomic mass is 35.5. The van der Waals surface area contributed by atoms with Crippen molar-refractivity contribution in [1.29, 1.82) is 5.26 Å². The summed E-state index contributed by atoms with van der Waals surface area (Å²) in [5, 5.41) is 13.3. The maximum absolute atomic E-state index is 12.7. The number of hydrogen-bond acceptors (Lipinski definition) is 4. The number of nitriles is 1. The highest BCUT2D eigenvalue weighted by molar-refractivity contribution is 6.42. The quantitative estimate of drug-likeness (QED) is 0.190. The summed E-state index contributed by atoms with van der Waals surface area (Å²) in [4.78, 5) is 12.7. The third-order valence-corrected chi connectivity index (χ3v) is 5.83. The van der Waals surface area contributed by atoms with Gasteiger partial charge in [0, 0.05) is 11.3 Å². The third kappa shape index (κ3) is 6.89. The zero-order valence-corrected chi connectivity index (χ0v) is 20.9. The monoisotopic (exact) mass is 506 g/mol. The molecule has 7 heteroatoms. The number of amides is 1. The van der Waals surface area contributed by atoms with Crippen LogP contribution in [0, 0.1) is 18.3 Å². The Bertz CT molecular complexity index is 1310. The second kappa shape index (κ2) is 12.1. The number of carbonyl (C=O) groups is 1. The molecule has 0 aliphatic rings. The number of anilines is 1. The average Bonchev–Trinajstić information content (AvgIpc) is 2.85. The predicted molar refractivity (Wildman–Crippen MR) is 141 cm³/mol. The molecule has 0 bridgehead atoms. The molecular formula is C28H24Cl2N2O3. The van der Waals surface area contributed by atoms with Gasteiger partial charge in [0.1, 0.15) is 18.2 Å². The molecule has 0 aliphatic carbocycles. The van der Waals surface area contributed by atoms with Gasteiger partial charge in [-0.2, -0.15) is 5.26 Å². The normalized spacial score (nSPS) is 10.9. The van der Waals surface area contributed by atoms with E-state index in [0.717, 1.165) is 16.7 Å². The minimum absolute atomic E-state index is 0.0401.